The number of carboxylic acid groups (broad SMARTS) is 2. The van der Waals surface area contributed by atoms with Crippen LogP contribution in [-0.2, 0) is 14.3 Å². The summed E-state index contributed by atoms with van der Waals surface area (Å²) in [5, 5.41) is 20.9. The maximum absolute atomic E-state index is 10.7. The van der Waals surface area contributed by atoms with Crippen molar-refractivity contribution >= 4 is 33.1 Å². The van der Waals surface area contributed by atoms with Crippen molar-refractivity contribution in [1.82, 2.24) is 0 Å². The zero-order chi connectivity index (χ0) is 17.4. The van der Waals surface area contributed by atoms with Gasteiger partial charge in [0.15, 0.2) is 0 Å². The summed E-state index contributed by atoms with van der Waals surface area (Å²) in [6, 6.07) is 0. The van der Waals surface area contributed by atoms with E-state index in [0.717, 1.165) is 0 Å². The molecule has 0 aromatic carbocycles. The second kappa shape index (κ2) is 15.6. The van der Waals surface area contributed by atoms with E-state index in [1.165, 1.54) is 32.6 Å². The molecule has 0 saturated carbocycles. The number of carbonyl (C=O) groups excluding carboxylic acids is 2. The van der Waals surface area contributed by atoms with Crippen LogP contribution in [0, 0.1) is 0 Å². The fourth-order valence-corrected chi connectivity index (χ4v) is 5.95. The van der Waals surface area contributed by atoms with Crippen LogP contribution >= 0.6 is 0 Å². The van der Waals surface area contributed by atoms with Crippen LogP contribution in [0.3, 0.4) is 0 Å². The van der Waals surface area contributed by atoms with Crippen LogP contribution in [0.25, 0.3) is 0 Å². The number of hydrogen-bond donors (Lipinski definition) is 0. The monoisotopic (exact) mass is 422 g/mol. The van der Waals surface area contributed by atoms with Gasteiger partial charge >= 0.3 is 69.5 Å². The SMILES string of the molecule is CCC[CH2][Sn+2][CH2]CCC.CCOC(CC)(CC(=O)[O-])C(=O)[O-]. The molecule has 5 nitrogen and oxygen atoms in total. The van der Waals surface area contributed by atoms with Gasteiger partial charge in [-0.05, 0) is 13.3 Å². The van der Waals surface area contributed by atoms with E-state index >= 15 is 0 Å². The van der Waals surface area contributed by atoms with Crippen molar-refractivity contribution in [2.75, 3.05) is 6.61 Å². The van der Waals surface area contributed by atoms with Gasteiger partial charge < -0.3 is 24.5 Å². The second-order valence-electron chi connectivity index (χ2n) is 5.07. The summed E-state index contributed by atoms with van der Waals surface area (Å²) in [7, 11) is 0. The van der Waals surface area contributed by atoms with Crippen molar-refractivity contribution in [2.24, 2.45) is 0 Å². The first-order valence-electron chi connectivity index (χ1n) is 8.16. The molecule has 0 N–H and O–H groups in total. The first-order valence-corrected chi connectivity index (χ1v) is 12.2. The number of rotatable bonds is 12. The van der Waals surface area contributed by atoms with Crippen molar-refractivity contribution in [1.29, 1.82) is 0 Å². The standard InChI is InChI=1S/C8H14O5.2C4H9.Sn/c1-3-8(7(11)12,13-4-2)5-6(9)10;2*1-3-4-2;/h3-5H2,1-2H3,(H,9,10)(H,11,12);2*1,3-4H2,2H3;/q;;;+2/p-2. The molecule has 1 atom stereocenters. The number of carbonyl (C=O) groups is 2. The van der Waals surface area contributed by atoms with Gasteiger partial charge in [0.1, 0.15) is 5.60 Å². The van der Waals surface area contributed by atoms with E-state index in [2.05, 4.69) is 13.8 Å². The predicted octanol–water partition coefficient (Wildman–Crippen LogP) is 1.19. The summed E-state index contributed by atoms with van der Waals surface area (Å²) in [6.45, 7) is 7.81. The largest absolute Gasteiger partial charge is 0.550 e. The van der Waals surface area contributed by atoms with Crippen LogP contribution in [0.4, 0.5) is 0 Å². The Morgan fingerprint density at radius 2 is 1.50 bits per heavy atom. The van der Waals surface area contributed by atoms with E-state index in [0.29, 0.717) is 0 Å². The smallest absolute Gasteiger partial charge is 0.112 e. The number of carboxylic acids is 2. The molecule has 0 saturated heterocycles. The molecule has 0 aromatic rings. The van der Waals surface area contributed by atoms with E-state index in [-0.39, 0.29) is 34.2 Å². The van der Waals surface area contributed by atoms with E-state index in [1.54, 1.807) is 15.8 Å². The number of aliphatic carboxylic acids is 2. The van der Waals surface area contributed by atoms with E-state index < -0.39 is 24.0 Å². The predicted molar refractivity (Wildman–Crippen MR) is 84.5 cm³/mol. The molecule has 128 valence electrons. The topological polar surface area (TPSA) is 89.5 Å². The summed E-state index contributed by atoms with van der Waals surface area (Å²) < 4.78 is 8.12. The molecule has 6 heteroatoms. The van der Waals surface area contributed by atoms with E-state index in [9.17, 15) is 19.8 Å². The van der Waals surface area contributed by atoms with Gasteiger partial charge in [-0.15, -0.1) is 0 Å². The van der Waals surface area contributed by atoms with Gasteiger partial charge in [-0.1, -0.05) is 6.92 Å². The molecule has 0 aliphatic rings. The van der Waals surface area contributed by atoms with Gasteiger partial charge in [0, 0.05) is 19.0 Å². The third-order valence-electron chi connectivity index (χ3n) is 3.21. The van der Waals surface area contributed by atoms with Crippen LogP contribution in [0.2, 0.25) is 8.87 Å². The molecule has 0 rings (SSSR count). The average molecular weight is 421 g/mol. The number of ether oxygens (including phenoxy) is 1. The van der Waals surface area contributed by atoms with Crippen LogP contribution < -0.4 is 10.2 Å². The van der Waals surface area contributed by atoms with Crippen molar-refractivity contribution in [3.63, 3.8) is 0 Å². The first-order chi connectivity index (χ1) is 10.4. The Kier molecular flexibility index (Phi) is 17.0. The van der Waals surface area contributed by atoms with Crippen LogP contribution in [0.5, 0.6) is 0 Å². The molecule has 0 spiro atoms. The summed E-state index contributed by atoms with van der Waals surface area (Å²) in [6.07, 6.45) is 5.20. The molecular weight excluding hydrogens is 391 g/mol. The van der Waals surface area contributed by atoms with Gasteiger partial charge in [-0.3, -0.25) is 0 Å². The van der Waals surface area contributed by atoms with Crippen LogP contribution in [0.1, 0.15) is 66.2 Å². The fourth-order valence-electron chi connectivity index (χ4n) is 1.79. The Balaban J connectivity index is 0. The molecule has 0 aromatic heterocycles. The summed E-state index contributed by atoms with van der Waals surface area (Å²) in [5.74, 6) is -2.97. The van der Waals surface area contributed by atoms with E-state index in [4.69, 9.17) is 4.74 Å². The van der Waals surface area contributed by atoms with Crippen molar-refractivity contribution in [3.05, 3.63) is 0 Å². The van der Waals surface area contributed by atoms with Gasteiger partial charge in [0.05, 0.1) is 5.97 Å². The maximum atomic E-state index is 10.7. The third kappa shape index (κ3) is 12.3. The quantitative estimate of drug-likeness (QED) is 0.349. The molecule has 1 unspecified atom stereocenters. The molecule has 0 fully saturated rings. The normalized spacial score (nSPS) is 12.5. The van der Waals surface area contributed by atoms with Gasteiger partial charge in [-0.2, -0.15) is 0 Å². The average Bonchev–Trinajstić information content (AvgIpc) is 2.46. The molecule has 0 heterocycles. The Labute approximate surface area is 145 Å². The molecule has 0 aliphatic carbocycles. The van der Waals surface area contributed by atoms with Crippen molar-refractivity contribution in [2.45, 2.75) is 80.7 Å². The van der Waals surface area contributed by atoms with Crippen molar-refractivity contribution in [3.8, 4) is 0 Å². The maximum Gasteiger partial charge on any atom is 0.112 e. The van der Waals surface area contributed by atoms with Crippen LogP contribution in [-0.4, -0.2) is 45.3 Å². The van der Waals surface area contributed by atoms with Gasteiger partial charge in [0.25, 0.3) is 0 Å². The molecule has 0 aliphatic heterocycles. The van der Waals surface area contributed by atoms with Crippen molar-refractivity contribution < 1.29 is 24.5 Å². The fraction of sp³-hybridized carbons (Fsp3) is 0.875. The molecular formula is C16H30O5Sn. The second-order valence-corrected chi connectivity index (χ2v) is 9.36. The number of hydrogen-bond acceptors (Lipinski definition) is 5. The summed E-state index contributed by atoms with van der Waals surface area (Å²) in [4.78, 5) is 20.9. The Hall–Kier alpha value is -0.301. The first kappa shape index (κ1) is 24.0. The van der Waals surface area contributed by atoms with Gasteiger partial charge in [-0.25, -0.2) is 0 Å². The third-order valence-corrected chi connectivity index (χ3v) is 7.24. The minimum atomic E-state index is -1.74. The zero-order valence-electron chi connectivity index (χ0n) is 14.4. The van der Waals surface area contributed by atoms with Crippen LogP contribution in [0.15, 0.2) is 0 Å². The number of unbranched alkanes of at least 4 members (excludes halogenated alkanes) is 2. The van der Waals surface area contributed by atoms with Gasteiger partial charge in [0.2, 0.25) is 0 Å². The minimum Gasteiger partial charge on any atom is -0.550 e. The summed E-state index contributed by atoms with van der Waals surface area (Å²) >= 11 is 0.149. The van der Waals surface area contributed by atoms with E-state index in [1.807, 2.05) is 0 Å². The minimum absolute atomic E-state index is 0.0388. The Bertz CT molecular complexity index is 290. The Morgan fingerprint density at radius 3 is 1.77 bits per heavy atom. The molecule has 0 bridgehead atoms. The Morgan fingerprint density at radius 1 is 1.00 bits per heavy atom. The summed E-state index contributed by atoms with van der Waals surface area (Å²) in [5.41, 5.74) is -1.74. The zero-order valence-corrected chi connectivity index (χ0v) is 17.3. The molecule has 22 heavy (non-hydrogen) atoms. The molecule has 0 amide bonds. The molecule has 0 radical (unpaired) electrons.